The summed E-state index contributed by atoms with van der Waals surface area (Å²) >= 11 is 0. The molecule has 1 aliphatic carbocycles. The fraction of sp³-hybridized carbons (Fsp3) is 0.571. The second kappa shape index (κ2) is 9.84. The molecule has 0 spiro atoms. The monoisotopic (exact) mass is 403 g/mol. The Bertz CT molecular complexity index is 775. The highest BCUT2D eigenvalue weighted by Gasteiger charge is 2.33. The number of nitrogens with zero attached hydrogens (tertiary/aromatic N) is 2. The Morgan fingerprint density at radius 2 is 2.24 bits per heavy atom. The highest BCUT2D eigenvalue weighted by atomic mass is 16.5. The van der Waals surface area contributed by atoms with Crippen LogP contribution in [0.4, 0.5) is 0 Å². The molecule has 0 aromatic rings. The van der Waals surface area contributed by atoms with E-state index >= 15 is 0 Å². The van der Waals surface area contributed by atoms with Crippen molar-refractivity contribution in [1.82, 2.24) is 10.2 Å². The van der Waals surface area contributed by atoms with E-state index in [0.717, 1.165) is 23.7 Å². The molecule has 2 aliphatic heterocycles. The number of ether oxygens (including phenoxy) is 3. The number of methoxy groups -OCH3 is 2. The van der Waals surface area contributed by atoms with Crippen molar-refractivity contribution in [2.45, 2.75) is 26.2 Å². The molecule has 0 bridgehead atoms. The molecule has 1 amide bonds. The van der Waals surface area contributed by atoms with Gasteiger partial charge >= 0.3 is 5.97 Å². The van der Waals surface area contributed by atoms with E-state index < -0.39 is 5.97 Å². The summed E-state index contributed by atoms with van der Waals surface area (Å²) in [5.74, 6) is 0.556. The first-order valence-electron chi connectivity index (χ1n) is 10.00. The third-order valence-corrected chi connectivity index (χ3v) is 5.19. The predicted molar refractivity (Wildman–Crippen MR) is 108 cm³/mol. The molecule has 3 rings (SSSR count). The molecule has 3 aliphatic rings. The van der Waals surface area contributed by atoms with Crippen LogP contribution >= 0.6 is 0 Å². The quantitative estimate of drug-likeness (QED) is 0.426. The first-order chi connectivity index (χ1) is 14.1. The second-order valence-electron chi connectivity index (χ2n) is 7.14. The molecule has 0 saturated carbocycles. The van der Waals surface area contributed by atoms with Crippen molar-refractivity contribution in [2.24, 2.45) is 10.9 Å². The zero-order chi connectivity index (χ0) is 20.8. The van der Waals surface area contributed by atoms with E-state index in [4.69, 9.17) is 19.2 Å². The van der Waals surface area contributed by atoms with Gasteiger partial charge < -0.3 is 24.4 Å². The van der Waals surface area contributed by atoms with E-state index in [1.807, 2.05) is 24.0 Å². The Morgan fingerprint density at radius 1 is 1.41 bits per heavy atom. The van der Waals surface area contributed by atoms with Crippen LogP contribution in [0.3, 0.4) is 0 Å². The van der Waals surface area contributed by atoms with Crippen LogP contribution in [-0.4, -0.2) is 69.7 Å². The molecular weight excluding hydrogens is 374 g/mol. The number of esters is 1. The number of carbonyl (C=O) groups excluding carboxylic acids is 2. The largest absolute Gasteiger partial charge is 0.465 e. The summed E-state index contributed by atoms with van der Waals surface area (Å²) in [7, 11) is 2.96. The van der Waals surface area contributed by atoms with Crippen LogP contribution in [-0.2, 0) is 23.8 Å². The van der Waals surface area contributed by atoms with Crippen molar-refractivity contribution < 1.29 is 23.8 Å². The lowest BCUT2D eigenvalue weighted by molar-refractivity contribution is -0.135. The van der Waals surface area contributed by atoms with Gasteiger partial charge in [0.25, 0.3) is 0 Å². The van der Waals surface area contributed by atoms with Crippen molar-refractivity contribution in [3.63, 3.8) is 0 Å². The Labute approximate surface area is 171 Å². The summed E-state index contributed by atoms with van der Waals surface area (Å²) in [6.45, 7) is 4.33. The SMILES string of the molecule is CCN=C(C1CCOC1)N1CC(=O)NC2=C1/C=C(COC)\C(C(=O)OC)=C/CC2. The third kappa shape index (κ3) is 4.76. The first-order valence-corrected chi connectivity index (χ1v) is 10.00. The van der Waals surface area contributed by atoms with Gasteiger partial charge in [-0.25, -0.2) is 4.79 Å². The predicted octanol–water partition coefficient (Wildman–Crippen LogP) is 1.55. The molecule has 1 atom stereocenters. The van der Waals surface area contributed by atoms with Crippen molar-refractivity contribution in [1.29, 1.82) is 0 Å². The maximum absolute atomic E-state index is 12.5. The molecule has 1 fully saturated rings. The average Bonchev–Trinajstić information content (AvgIpc) is 3.23. The Hall–Kier alpha value is -2.45. The van der Waals surface area contributed by atoms with Crippen molar-refractivity contribution >= 4 is 17.7 Å². The Morgan fingerprint density at radius 3 is 2.90 bits per heavy atom. The van der Waals surface area contributed by atoms with Gasteiger partial charge in [-0.15, -0.1) is 0 Å². The van der Waals surface area contributed by atoms with Crippen LogP contribution in [0.2, 0.25) is 0 Å². The standard InChI is InChI=1S/C21H29N3O5/c1-4-22-20(14-8-9-29-13-14)24-11-19(25)23-17-7-5-6-16(21(26)28-3)15(12-27-2)10-18(17)24/h6,10,14H,4-5,7-9,11-13H2,1-3H3,(H,23,25)/b15-10-,16-6+,22-20?. The molecule has 158 valence electrons. The van der Waals surface area contributed by atoms with E-state index in [0.29, 0.717) is 43.7 Å². The smallest absolute Gasteiger partial charge is 0.337 e. The fourth-order valence-electron chi connectivity index (χ4n) is 3.89. The molecule has 0 aromatic carbocycles. The summed E-state index contributed by atoms with van der Waals surface area (Å²) in [6.07, 6.45) is 5.85. The average molecular weight is 403 g/mol. The van der Waals surface area contributed by atoms with Crippen molar-refractivity contribution in [3.8, 4) is 0 Å². The summed E-state index contributed by atoms with van der Waals surface area (Å²) in [5.41, 5.74) is 2.89. The molecule has 8 nitrogen and oxygen atoms in total. The van der Waals surface area contributed by atoms with Crippen LogP contribution in [0.5, 0.6) is 0 Å². The number of hydrogen-bond acceptors (Lipinski definition) is 6. The molecule has 1 saturated heterocycles. The summed E-state index contributed by atoms with van der Waals surface area (Å²) in [4.78, 5) is 31.5. The zero-order valence-corrected chi connectivity index (χ0v) is 17.3. The first kappa shape index (κ1) is 21.3. The zero-order valence-electron chi connectivity index (χ0n) is 17.3. The van der Waals surface area contributed by atoms with Crippen LogP contribution in [0, 0.1) is 5.92 Å². The molecule has 0 radical (unpaired) electrons. The molecule has 29 heavy (non-hydrogen) atoms. The number of nitrogens with one attached hydrogen (secondary N) is 1. The minimum Gasteiger partial charge on any atom is -0.465 e. The number of allylic oxidation sites excluding steroid dienone is 3. The van der Waals surface area contributed by atoms with Gasteiger partial charge in [-0.1, -0.05) is 6.08 Å². The van der Waals surface area contributed by atoms with Gasteiger partial charge in [-0.05, 0) is 37.8 Å². The number of amidine groups is 1. The number of aliphatic imine (C=N–C) groups is 1. The lowest BCUT2D eigenvalue weighted by Crippen LogP contribution is -2.48. The van der Waals surface area contributed by atoms with Gasteiger partial charge in [-0.2, -0.15) is 0 Å². The van der Waals surface area contributed by atoms with Gasteiger partial charge in [-0.3, -0.25) is 9.79 Å². The van der Waals surface area contributed by atoms with E-state index in [-0.39, 0.29) is 25.0 Å². The summed E-state index contributed by atoms with van der Waals surface area (Å²) < 4.78 is 15.9. The number of carbonyl (C=O) groups is 2. The normalized spacial score (nSPS) is 26.6. The second-order valence-corrected chi connectivity index (χ2v) is 7.14. The van der Waals surface area contributed by atoms with E-state index in [2.05, 4.69) is 5.32 Å². The molecule has 2 heterocycles. The molecular formula is C21H29N3O5. The van der Waals surface area contributed by atoms with Crippen LogP contribution < -0.4 is 5.32 Å². The molecule has 1 N–H and O–H groups in total. The van der Waals surface area contributed by atoms with Crippen molar-refractivity contribution in [2.75, 3.05) is 47.1 Å². The Kier molecular flexibility index (Phi) is 7.22. The third-order valence-electron chi connectivity index (χ3n) is 5.19. The lowest BCUT2D eigenvalue weighted by atomic mass is 9.96. The minimum absolute atomic E-state index is 0.0640. The number of amides is 1. The Balaban J connectivity index is 2.08. The van der Waals surface area contributed by atoms with Crippen LogP contribution in [0.25, 0.3) is 0 Å². The van der Waals surface area contributed by atoms with Crippen LogP contribution in [0.15, 0.2) is 39.7 Å². The highest BCUT2D eigenvalue weighted by Crippen LogP contribution is 2.29. The van der Waals surface area contributed by atoms with Gasteiger partial charge in [0, 0.05) is 31.9 Å². The molecule has 1 unspecified atom stereocenters. The van der Waals surface area contributed by atoms with E-state index in [1.165, 1.54) is 7.11 Å². The summed E-state index contributed by atoms with van der Waals surface area (Å²) in [5, 5.41) is 3.01. The lowest BCUT2D eigenvalue weighted by Gasteiger charge is -2.36. The van der Waals surface area contributed by atoms with E-state index in [1.54, 1.807) is 7.11 Å². The minimum atomic E-state index is -0.393. The van der Waals surface area contributed by atoms with Gasteiger partial charge in [0.05, 0.1) is 31.6 Å². The molecule has 8 heteroatoms. The van der Waals surface area contributed by atoms with Gasteiger partial charge in [0.1, 0.15) is 12.4 Å². The maximum Gasteiger partial charge on any atom is 0.337 e. The van der Waals surface area contributed by atoms with Crippen LogP contribution in [0.1, 0.15) is 26.2 Å². The van der Waals surface area contributed by atoms with Crippen molar-refractivity contribution in [3.05, 3.63) is 34.7 Å². The highest BCUT2D eigenvalue weighted by molar-refractivity contribution is 5.95. The summed E-state index contributed by atoms with van der Waals surface area (Å²) in [6, 6.07) is 0. The number of hydrogen-bond donors (Lipinski definition) is 1. The molecule has 0 aromatic heterocycles. The fourth-order valence-corrected chi connectivity index (χ4v) is 3.89. The maximum atomic E-state index is 12.5. The number of rotatable bonds is 5. The van der Waals surface area contributed by atoms with Gasteiger partial charge in [0.2, 0.25) is 5.91 Å². The van der Waals surface area contributed by atoms with Gasteiger partial charge in [0.15, 0.2) is 0 Å². The van der Waals surface area contributed by atoms with E-state index in [9.17, 15) is 9.59 Å². The topological polar surface area (TPSA) is 89.5 Å².